The molecule has 144 valence electrons. The zero-order valence-electron chi connectivity index (χ0n) is 16.1. The fourth-order valence-electron chi connectivity index (χ4n) is 3.98. The van der Waals surface area contributed by atoms with Gasteiger partial charge in [-0.2, -0.15) is 0 Å². The van der Waals surface area contributed by atoms with Crippen LogP contribution in [0.3, 0.4) is 0 Å². The largest absolute Gasteiger partial charge is 0.481 e. The zero-order valence-corrected chi connectivity index (χ0v) is 16.1. The Kier molecular flexibility index (Phi) is 8.14. The van der Waals surface area contributed by atoms with E-state index in [-0.39, 0.29) is 0 Å². The Hall–Kier alpha value is -1.84. The first-order valence-corrected chi connectivity index (χ1v) is 10.1. The number of ether oxygens (including phenoxy) is 1. The van der Waals surface area contributed by atoms with Gasteiger partial charge < -0.3 is 9.84 Å². The molecule has 3 unspecified atom stereocenters. The van der Waals surface area contributed by atoms with Crippen LogP contribution >= 0.6 is 0 Å². The molecule has 0 radical (unpaired) electrons. The summed E-state index contributed by atoms with van der Waals surface area (Å²) in [5.74, 6) is -1.52. The second-order valence-corrected chi connectivity index (χ2v) is 7.54. The average molecular weight is 360 g/mol. The van der Waals surface area contributed by atoms with Crippen molar-refractivity contribution in [2.24, 2.45) is 17.8 Å². The van der Waals surface area contributed by atoms with Gasteiger partial charge in [0, 0.05) is 0 Å². The van der Waals surface area contributed by atoms with Crippen LogP contribution < -0.4 is 4.74 Å². The monoisotopic (exact) mass is 360 g/mol. The molecule has 0 amide bonds. The molecular weight excluding hydrogens is 328 g/mol. The first-order valence-electron chi connectivity index (χ1n) is 10.1. The predicted molar refractivity (Wildman–Crippen MR) is 102 cm³/mol. The van der Waals surface area contributed by atoms with Crippen molar-refractivity contribution in [2.75, 3.05) is 0 Å². The molecule has 4 nitrogen and oxygen atoms in total. The van der Waals surface area contributed by atoms with Crippen molar-refractivity contribution < 1.29 is 19.4 Å². The van der Waals surface area contributed by atoms with Crippen molar-refractivity contribution in [3.8, 4) is 5.75 Å². The number of benzene rings is 1. The molecule has 1 N–H and O–H groups in total. The third kappa shape index (κ3) is 5.86. The maximum atomic E-state index is 12.6. The van der Waals surface area contributed by atoms with E-state index < -0.39 is 23.8 Å². The van der Waals surface area contributed by atoms with Crippen molar-refractivity contribution in [1.29, 1.82) is 0 Å². The van der Waals surface area contributed by atoms with Crippen LogP contribution in [-0.2, 0) is 16.0 Å². The van der Waals surface area contributed by atoms with E-state index in [1.54, 1.807) is 0 Å². The summed E-state index contributed by atoms with van der Waals surface area (Å²) in [5, 5.41) is 9.54. The van der Waals surface area contributed by atoms with Crippen LogP contribution in [-0.4, -0.2) is 17.0 Å². The van der Waals surface area contributed by atoms with Crippen molar-refractivity contribution in [3.63, 3.8) is 0 Å². The van der Waals surface area contributed by atoms with Gasteiger partial charge in [-0.05, 0) is 55.7 Å². The molecule has 0 bridgehead atoms. The van der Waals surface area contributed by atoms with Gasteiger partial charge in [-0.1, -0.05) is 51.7 Å². The molecule has 2 rings (SSSR count). The fourth-order valence-corrected chi connectivity index (χ4v) is 3.98. The number of carbonyl (C=O) groups excluding carboxylic acids is 1. The van der Waals surface area contributed by atoms with Gasteiger partial charge in [0.25, 0.3) is 0 Å². The Bertz CT molecular complexity index is 578. The van der Waals surface area contributed by atoms with E-state index in [4.69, 9.17) is 4.74 Å². The number of aryl methyl sites for hydroxylation is 1. The minimum Gasteiger partial charge on any atom is -0.481 e. The fraction of sp³-hybridized carbons (Fsp3) is 0.636. The molecule has 0 aliphatic heterocycles. The van der Waals surface area contributed by atoms with Crippen LogP contribution in [0.2, 0.25) is 0 Å². The van der Waals surface area contributed by atoms with E-state index in [1.165, 1.54) is 18.4 Å². The molecule has 4 heteroatoms. The molecule has 1 aliphatic rings. The SMILES string of the molecule is CCCCCc1ccc(OC(=O)C2CCC(CCC)CC2C(=O)O)cc1. The number of unbranched alkanes of at least 4 members (excludes halogenated alkanes) is 2. The number of hydrogen-bond donors (Lipinski definition) is 1. The van der Waals surface area contributed by atoms with E-state index in [0.717, 1.165) is 32.1 Å². The average Bonchev–Trinajstić information content (AvgIpc) is 2.63. The third-order valence-corrected chi connectivity index (χ3v) is 5.49. The van der Waals surface area contributed by atoms with Gasteiger partial charge in [-0.25, -0.2) is 0 Å². The van der Waals surface area contributed by atoms with Crippen LogP contribution in [0, 0.1) is 17.8 Å². The van der Waals surface area contributed by atoms with Gasteiger partial charge in [0.2, 0.25) is 0 Å². The number of aliphatic carboxylic acids is 1. The summed E-state index contributed by atoms with van der Waals surface area (Å²) in [6, 6.07) is 7.62. The van der Waals surface area contributed by atoms with Crippen molar-refractivity contribution in [3.05, 3.63) is 29.8 Å². The lowest BCUT2D eigenvalue weighted by Crippen LogP contribution is -2.37. The van der Waals surface area contributed by atoms with E-state index in [9.17, 15) is 14.7 Å². The first kappa shape index (κ1) is 20.5. The molecule has 26 heavy (non-hydrogen) atoms. The van der Waals surface area contributed by atoms with Crippen LogP contribution in [0.4, 0.5) is 0 Å². The molecule has 3 atom stereocenters. The summed E-state index contributed by atoms with van der Waals surface area (Å²) in [4.78, 5) is 24.2. The quantitative estimate of drug-likeness (QED) is 0.371. The highest BCUT2D eigenvalue weighted by atomic mass is 16.5. The minimum atomic E-state index is -0.876. The van der Waals surface area contributed by atoms with Crippen LogP contribution in [0.1, 0.15) is 70.8 Å². The Morgan fingerprint density at radius 3 is 2.38 bits per heavy atom. The number of carboxylic acid groups (broad SMARTS) is 1. The summed E-state index contributed by atoms with van der Waals surface area (Å²) < 4.78 is 5.51. The molecule has 1 aliphatic carbocycles. The molecule has 0 spiro atoms. The molecule has 0 saturated heterocycles. The van der Waals surface area contributed by atoms with Crippen LogP contribution in [0.15, 0.2) is 24.3 Å². The molecule has 1 aromatic carbocycles. The van der Waals surface area contributed by atoms with Crippen molar-refractivity contribution in [2.45, 2.75) is 71.6 Å². The highest BCUT2D eigenvalue weighted by molar-refractivity contribution is 5.82. The molecule has 1 saturated carbocycles. The highest BCUT2D eigenvalue weighted by Gasteiger charge is 2.40. The Morgan fingerprint density at radius 1 is 1.04 bits per heavy atom. The van der Waals surface area contributed by atoms with E-state index in [0.29, 0.717) is 24.5 Å². The minimum absolute atomic E-state index is 0.397. The maximum Gasteiger partial charge on any atom is 0.315 e. The lowest BCUT2D eigenvalue weighted by Gasteiger charge is -2.32. The van der Waals surface area contributed by atoms with Gasteiger partial charge in [-0.15, -0.1) is 0 Å². The first-order chi connectivity index (χ1) is 12.5. The molecule has 0 heterocycles. The summed E-state index contributed by atoms with van der Waals surface area (Å²) in [7, 11) is 0. The second-order valence-electron chi connectivity index (χ2n) is 7.54. The summed E-state index contributed by atoms with van der Waals surface area (Å²) in [5.41, 5.74) is 1.24. The van der Waals surface area contributed by atoms with Gasteiger partial charge in [0.15, 0.2) is 0 Å². The number of rotatable bonds is 9. The normalized spacial score (nSPS) is 22.8. The Balaban J connectivity index is 1.94. The number of carbonyl (C=O) groups is 2. The standard InChI is InChI=1S/C22H32O4/c1-3-5-6-8-16-9-12-18(13-10-16)26-22(25)19-14-11-17(7-4-2)15-20(19)21(23)24/h9-10,12-13,17,19-20H,3-8,11,14-15H2,1-2H3,(H,23,24). The zero-order chi connectivity index (χ0) is 18.9. The van der Waals surface area contributed by atoms with Gasteiger partial charge in [0.05, 0.1) is 11.8 Å². The Morgan fingerprint density at radius 2 is 1.77 bits per heavy atom. The van der Waals surface area contributed by atoms with Gasteiger partial charge >= 0.3 is 11.9 Å². The summed E-state index contributed by atoms with van der Waals surface area (Å²) in [6.45, 7) is 4.30. The van der Waals surface area contributed by atoms with E-state index >= 15 is 0 Å². The lowest BCUT2D eigenvalue weighted by atomic mass is 9.72. The highest BCUT2D eigenvalue weighted by Crippen LogP contribution is 2.37. The number of esters is 1. The van der Waals surface area contributed by atoms with Crippen LogP contribution in [0.25, 0.3) is 0 Å². The topological polar surface area (TPSA) is 63.6 Å². The van der Waals surface area contributed by atoms with Gasteiger partial charge in [0.1, 0.15) is 5.75 Å². The molecular formula is C22H32O4. The smallest absolute Gasteiger partial charge is 0.315 e. The number of hydrogen-bond acceptors (Lipinski definition) is 3. The molecule has 1 fully saturated rings. The molecule has 0 aromatic heterocycles. The summed E-state index contributed by atoms with van der Waals surface area (Å²) in [6.07, 6.45) is 8.79. The molecule has 1 aromatic rings. The van der Waals surface area contributed by atoms with E-state index in [1.807, 2.05) is 24.3 Å². The second kappa shape index (κ2) is 10.3. The van der Waals surface area contributed by atoms with Crippen molar-refractivity contribution in [1.82, 2.24) is 0 Å². The maximum absolute atomic E-state index is 12.6. The third-order valence-electron chi connectivity index (χ3n) is 5.49. The van der Waals surface area contributed by atoms with E-state index in [2.05, 4.69) is 13.8 Å². The number of carboxylic acids is 1. The van der Waals surface area contributed by atoms with Crippen molar-refractivity contribution >= 4 is 11.9 Å². The predicted octanol–water partition coefficient (Wildman–Crippen LogP) is 5.24. The Labute approximate surface area is 156 Å². The lowest BCUT2D eigenvalue weighted by molar-refractivity contribution is -0.155. The van der Waals surface area contributed by atoms with Gasteiger partial charge in [-0.3, -0.25) is 9.59 Å². The summed E-state index contributed by atoms with van der Waals surface area (Å²) >= 11 is 0. The van der Waals surface area contributed by atoms with Crippen LogP contribution in [0.5, 0.6) is 5.75 Å².